The first kappa shape index (κ1) is 23.1. The van der Waals surface area contributed by atoms with Gasteiger partial charge in [0.25, 0.3) is 0 Å². The molecule has 2 heterocycles. The van der Waals surface area contributed by atoms with Crippen molar-refractivity contribution in [1.82, 2.24) is 9.97 Å². The van der Waals surface area contributed by atoms with Gasteiger partial charge >= 0.3 is 203 Å². The van der Waals surface area contributed by atoms with Gasteiger partial charge in [-0.3, -0.25) is 0 Å². The number of carbonyl (C=O) groups is 2. The van der Waals surface area contributed by atoms with Gasteiger partial charge in [0.15, 0.2) is 0 Å². The van der Waals surface area contributed by atoms with Gasteiger partial charge in [0.2, 0.25) is 0 Å². The third-order valence-electron chi connectivity index (χ3n) is 5.34. The van der Waals surface area contributed by atoms with E-state index in [1.807, 2.05) is 31.2 Å². The topological polar surface area (TPSA) is 119 Å². The second kappa shape index (κ2) is 9.81. The summed E-state index contributed by atoms with van der Waals surface area (Å²) in [5.74, 6) is 0.532. The van der Waals surface area contributed by atoms with Gasteiger partial charge < -0.3 is 0 Å². The van der Waals surface area contributed by atoms with E-state index in [0.717, 1.165) is 34.0 Å². The molecule has 0 bridgehead atoms. The number of nitrogens with zero attached hydrogens (tertiary/aromatic N) is 2. The molecular formula is C23H23AsClN5O3. The Balaban J connectivity index is 1.67. The zero-order valence-corrected chi connectivity index (χ0v) is 21.0. The van der Waals surface area contributed by atoms with Crippen LogP contribution < -0.4 is 29.9 Å². The Morgan fingerprint density at radius 2 is 2.09 bits per heavy atom. The molecule has 33 heavy (non-hydrogen) atoms. The van der Waals surface area contributed by atoms with Crippen molar-refractivity contribution in [3.8, 4) is 5.75 Å². The molecule has 4 N–H and O–H groups in total. The molecular weight excluding hydrogens is 505 g/mol. The molecule has 1 unspecified atom stereocenters. The van der Waals surface area contributed by atoms with E-state index in [1.165, 1.54) is 0 Å². The number of carbonyl (C=O) groups excluding carboxylic acids is 2. The number of aryl methyl sites for hydroxylation is 1. The average molecular weight is 528 g/mol. The Labute approximate surface area is 203 Å². The summed E-state index contributed by atoms with van der Waals surface area (Å²) >= 11 is 5.35. The molecule has 0 spiro atoms. The van der Waals surface area contributed by atoms with E-state index in [9.17, 15) is 9.59 Å². The minimum atomic E-state index is -1.06. The van der Waals surface area contributed by atoms with Crippen LogP contribution in [0.15, 0.2) is 36.5 Å². The molecule has 10 heteroatoms. The summed E-state index contributed by atoms with van der Waals surface area (Å²) < 4.78 is 7.26. The van der Waals surface area contributed by atoms with E-state index in [0.29, 0.717) is 38.9 Å². The maximum absolute atomic E-state index is 11.9. The second-order valence-electron chi connectivity index (χ2n) is 7.58. The fraction of sp³-hybridized carbons (Fsp3) is 0.217. The van der Waals surface area contributed by atoms with Crippen molar-refractivity contribution in [2.24, 2.45) is 5.73 Å². The molecule has 1 aliphatic rings. The fourth-order valence-electron chi connectivity index (χ4n) is 3.76. The van der Waals surface area contributed by atoms with Crippen LogP contribution in [-0.4, -0.2) is 44.6 Å². The van der Waals surface area contributed by atoms with Crippen molar-refractivity contribution in [3.63, 3.8) is 0 Å². The molecule has 0 radical (unpaired) electrons. The number of hydrogen-bond donors (Lipinski definition) is 3. The molecule has 1 aromatic heterocycles. The number of benzene rings is 2. The van der Waals surface area contributed by atoms with Gasteiger partial charge in [-0.15, -0.1) is 0 Å². The Kier molecular flexibility index (Phi) is 6.86. The number of primary amides is 1. The molecule has 1 atom stereocenters. The number of hydrogen-bond acceptors (Lipinski definition) is 6. The molecule has 8 nitrogen and oxygen atoms in total. The first-order valence-electron chi connectivity index (χ1n) is 10.3. The van der Waals surface area contributed by atoms with Crippen LogP contribution in [0.25, 0.3) is 0 Å². The van der Waals surface area contributed by atoms with Crippen molar-refractivity contribution in [2.45, 2.75) is 26.2 Å². The molecule has 0 aliphatic carbocycles. The predicted molar refractivity (Wildman–Crippen MR) is 131 cm³/mol. The first-order valence-corrected chi connectivity index (χ1v) is 12.8. The third-order valence-corrected chi connectivity index (χ3v) is 9.16. The molecule has 0 saturated carbocycles. The van der Waals surface area contributed by atoms with Gasteiger partial charge in [-0.25, -0.2) is 0 Å². The summed E-state index contributed by atoms with van der Waals surface area (Å²) in [6.45, 7) is 1.94. The summed E-state index contributed by atoms with van der Waals surface area (Å²) in [6, 6.07) is 9.15. The molecule has 3 aromatic rings. The number of ether oxygens (including phenoxy) is 1. The zero-order valence-electron chi connectivity index (χ0n) is 18.2. The van der Waals surface area contributed by atoms with Gasteiger partial charge in [0.1, 0.15) is 0 Å². The van der Waals surface area contributed by atoms with E-state index in [-0.39, 0.29) is 5.91 Å². The van der Waals surface area contributed by atoms with Crippen LogP contribution in [0.4, 0.5) is 17.3 Å². The SMILES string of the molecule is COc1c(Nc2ncc(Cl)c([AsH]c3c(C)cccc3C(N)=O)n2)ccc2c1CCCC(=O)N2. The van der Waals surface area contributed by atoms with Gasteiger partial charge in [-0.05, 0) is 0 Å². The van der Waals surface area contributed by atoms with Crippen molar-refractivity contribution in [3.05, 3.63) is 58.2 Å². The first-order chi connectivity index (χ1) is 15.9. The van der Waals surface area contributed by atoms with Crippen LogP contribution in [0.2, 0.25) is 5.02 Å². The van der Waals surface area contributed by atoms with Crippen LogP contribution >= 0.6 is 11.6 Å². The van der Waals surface area contributed by atoms with Crippen LogP contribution in [0.1, 0.15) is 34.3 Å². The van der Waals surface area contributed by atoms with Crippen molar-refractivity contribution >= 4 is 65.3 Å². The summed E-state index contributed by atoms with van der Waals surface area (Å²) in [4.78, 5) is 32.8. The van der Waals surface area contributed by atoms with E-state index in [4.69, 9.17) is 22.1 Å². The monoisotopic (exact) mass is 527 g/mol. The van der Waals surface area contributed by atoms with E-state index in [1.54, 1.807) is 19.4 Å². The molecule has 0 saturated heterocycles. The Hall–Kier alpha value is -3.09. The van der Waals surface area contributed by atoms with Crippen molar-refractivity contribution in [1.29, 1.82) is 0 Å². The molecule has 2 amide bonds. The van der Waals surface area contributed by atoms with E-state index >= 15 is 0 Å². The van der Waals surface area contributed by atoms with Gasteiger partial charge in [0.05, 0.1) is 0 Å². The van der Waals surface area contributed by atoms with Crippen LogP contribution in [0, 0.1) is 6.92 Å². The van der Waals surface area contributed by atoms with E-state index < -0.39 is 21.7 Å². The molecule has 2 aromatic carbocycles. The number of nitrogens with one attached hydrogen (secondary N) is 2. The molecule has 0 fully saturated rings. The fourth-order valence-corrected chi connectivity index (χ4v) is 6.62. The van der Waals surface area contributed by atoms with Crippen LogP contribution in [0.5, 0.6) is 5.75 Å². The summed E-state index contributed by atoms with van der Waals surface area (Å²) in [6.07, 6.45) is 3.48. The number of halogens is 1. The number of amides is 2. The Bertz CT molecular complexity index is 1250. The summed E-state index contributed by atoms with van der Waals surface area (Å²) in [7, 11) is 1.59. The predicted octanol–water partition coefficient (Wildman–Crippen LogP) is 1.95. The normalized spacial score (nSPS) is 13.4. The number of methoxy groups -OCH3 is 1. The number of fused-ring (bicyclic) bond motifs is 1. The summed E-state index contributed by atoms with van der Waals surface area (Å²) in [5, 5.41) is 6.58. The molecule has 170 valence electrons. The van der Waals surface area contributed by atoms with Crippen LogP contribution in [-0.2, 0) is 11.2 Å². The quantitative estimate of drug-likeness (QED) is 0.422. The van der Waals surface area contributed by atoms with E-state index in [2.05, 4.69) is 20.6 Å². The van der Waals surface area contributed by atoms with Gasteiger partial charge in [0, 0.05) is 0 Å². The van der Waals surface area contributed by atoms with Crippen molar-refractivity contribution < 1.29 is 14.3 Å². The number of nitrogens with two attached hydrogens (primary N) is 1. The van der Waals surface area contributed by atoms with Crippen molar-refractivity contribution in [2.75, 3.05) is 17.7 Å². The van der Waals surface area contributed by atoms with Crippen LogP contribution in [0.3, 0.4) is 0 Å². The third kappa shape index (κ3) is 4.97. The molecule has 4 rings (SSSR count). The number of aromatic nitrogens is 2. The van der Waals surface area contributed by atoms with Gasteiger partial charge in [-0.2, -0.15) is 0 Å². The summed E-state index contributed by atoms with van der Waals surface area (Å²) in [5.41, 5.74) is 9.42. The zero-order chi connectivity index (χ0) is 23.5. The average Bonchev–Trinajstić information content (AvgIpc) is 2.97. The second-order valence-corrected chi connectivity index (χ2v) is 10.6. The standard InChI is InChI=1S/C23H23AsClN5O3/c1-12-5-3-7-14(22(26)32)19(12)24-21-15(25)11-27-23(30-21)29-17-10-9-16-13(20(17)33-2)6-4-8-18(31)28-16/h3,5,7,9-11,24H,4,6,8H2,1-2H3,(H2,26,32)(H,28,31)(H,27,29,30). The number of anilines is 3. The Morgan fingerprint density at radius 3 is 2.85 bits per heavy atom. The minimum absolute atomic E-state index is 0.00168. The van der Waals surface area contributed by atoms with Gasteiger partial charge in [-0.1, -0.05) is 0 Å². The number of rotatable bonds is 6. The Morgan fingerprint density at radius 1 is 1.27 bits per heavy atom. The molecule has 1 aliphatic heterocycles. The maximum atomic E-state index is 11.9.